The lowest BCUT2D eigenvalue weighted by atomic mass is 10.2. The van der Waals surface area contributed by atoms with Gasteiger partial charge in [-0.3, -0.25) is 4.79 Å². The minimum atomic E-state index is -0.330. The molecule has 0 aliphatic heterocycles. The topological polar surface area (TPSA) is 100 Å². The van der Waals surface area contributed by atoms with Gasteiger partial charge in [-0.2, -0.15) is 0 Å². The Bertz CT molecular complexity index is 616. The van der Waals surface area contributed by atoms with E-state index in [1.807, 2.05) is 0 Å². The van der Waals surface area contributed by atoms with Crippen LogP contribution in [0.3, 0.4) is 0 Å². The molecule has 6 nitrogen and oxygen atoms in total. The fraction of sp³-hybridized carbons (Fsp3) is 0.0769. The van der Waals surface area contributed by atoms with Crippen molar-refractivity contribution < 1.29 is 9.90 Å². The number of amides is 1. The highest BCUT2D eigenvalue weighted by Gasteiger charge is 2.13. The number of aliphatic hydroxyl groups is 1. The molecule has 1 aromatic carbocycles. The number of pyridine rings is 1. The van der Waals surface area contributed by atoms with Crippen LogP contribution in [0.2, 0.25) is 0 Å². The van der Waals surface area contributed by atoms with Crippen molar-refractivity contribution >= 4 is 33.3 Å². The summed E-state index contributed by atoms with van der Waals surface area (Å²) in [7, 11) is 0. The molecule has 0 saturated carbocycles. The third-order valence-corrected chi connectivity index (χ3v) is 3.06. The highest BCUT2D eigenvalue weighted by molar-refractivity contribution is 9.10. The molecule has 0 fully saturated rings. The number of rotatable bonds is 4. The first-order valence-electron chi connectivity index (χ1n) is 5.77. The van der Waals surface area contributed by atoms with Crippen molar-refractivity contribution in [1.29, 1.82) is 0 Å². The molecular formula is C13H13BrN4O2. The lowest BCUT2D eigenvalue weighted by Crippen LogP contribution is -2.18. The predicted octanol–water partition coefficient (Wildman–Crippen LogP) is 1.87. The van der Waals surface area contributed by atoms with Gasteiger partial charge in [0.25, 0.3) is 5.91 Å². The average molecular weight is 337 g/mol. The van der Waals surface area contributed by atoms with Crippen molar-refractivity contribution in [3.63, 3.8) is 0 Å². The van der Waals surface area contributed by atoms with Crippen LogP contribution in [0, 0.1) is 0 Å². The minimum Gasteiger partial charge on any atom is -0.392 e. The van der Waals surface area contributed by atoms with Crippen LogP contribution in [0.4, 0.5) is 11.5 Å². The van der Waals surface area contributed by atoms with Gasteiger partial charge in [0, 0.05) is 16.4 Å². The second-order valence-electron chi connectivity index (χ2n) is 4.00. The van der Waals surface area contributed by atoms with Crippen molar-refractivity contribution in [2.45, 2.75) is 6.61 Å². The normalized spacial score (nSPS) is 10.2. The van der Waals surface area contributed by atoms with Gasteiger partial charge in [0.1, 0.15) is 0 Å². The monoisotopic (exact) mass is 336 g/mol. The van der Waals surface area contributed by atoms with Gasteiger partial charge in [-0.15, -0.1) is 0 Å². The standard InChI is InChI=1S/C13H13BrN4O2/c14-9-5-11(12(18-15)16-6-9)13(20)17-10-3-1-8(7-19)2-4-10/h1-6,19H,7,15H2,(H,16,18)(H,17,20). The summed E-state index contributed by atoms with van der Waals surface area (Å²) in [5.74, 6) is 5.29. The molecule has 1 aromatic heterocycles. The molecule has 0 radical (unpaired) electrons. The Labute approximate surface area is 124 Å². The summed E-state index contributed by atoms with van der Waals surface area (Å²) in [6.45, 7) is -0.0367. The number of aromatic nitrogens is 1. The number of hydrogen-bond donors (Lipinski definition) is 4. The molecule has 7 heteroatoms. The third kappa shape index (κ3) is 3.32. The van der Waals surface area contributed by atoms with Crippen LogP contribution >= 0.6 is 15.9 Å². The largest absolute Gasteiger partial charge is 0.392 e. The van der Waals surface area contributed by atoms with Crippen LogP contribution in [0.15, 0.2) is 41.0 Å². The molecule has 0 unspecified atom stereocenters. The van der Waals surface area contributed by atoms with E-state index in [0.717, 1.165) is 5.56 Å². The summed E-state index contributed by atoms with van der Waals surface area (Å²) in [6.07, 6.45) is 1.54. The molecule has 0 atom stereocenters. The van der Waals surface area contributed by atoms with E-state index in [1.54, 1.807) is 36.5 Å². The van der Waals surface area contributed by atoms with E-state index >= 15 is 0 Å². The first-order chi connectivity index (χ1) is 9.63. The first kappa shape index (κ1) is 14.4. The first-order valence-corrected chi connectivity index (χ1v) is 6.56. The zero-order chi connectivity index (χ0) is 14.5. The lowest BCUT2D eigenvalue weighted by Gasteiger charge is -2.09. The number of anilines is 2. The smallest absolute Gasteiger partial charge is 0.259 e. The van der Waals surface area contributed by atoms with Crippen LogP contribution in [0.1, 0.15) is 15.9 Å². The van der Waals surface area contributed by atoms with Gasteiger partial charge in [0.05, 0.1) is 12.2 Å². The number of hydrogen-bond acceptors (Lipinski definition) is 5. The number of nitrogens with zero attached hydrogens (tertiary/aromatic N) is 1. The van der Waals surface area contributed by atoms with Crippen LogP contribution in [0.25, 0.3) is 0 Å². The van der Waals surface area contributed by atoms with Crippen LogP contribution < -0.4 is 16.6 Å². The Balaban J connectivity index is 2.20. The van der Waals surface area contributed by atoms with Gasteiger partial charge in [0.15, 0.2) is 5.82 Å². The van der Waals surface area contributed by atoms with Gasteiger partial charge in [-0.25, -0.2) is 10.8 Å². The quantitative estimate of drug-likeness (QED) is 0.504. The van der Waals surface area contributed by atoms with Gasteiger partial charge in [-0.1, -0.05) is 12.1 Å². The van der Waals surface area contributed by atoms with Crippen molar-refractivity contribution in [3.05, 3.63) is 52.1 Å². The third-order valence-electron chi connectivity index (χ3n) is 2.63. The molecule has 104 valence electrons. The SMILES string of the molecule is NNc1ncc(Br)cc1C(=O)Nc1ccc(CO)cc1. The van der Waals surface area contributed by atoms with Crippen molar-refractivity contribution in [2.75, 3.05) is 10.7 Å². The van der Waals surface area contributed by atoms with Gasteiger partial charge < -0.3 is 15.8 Å². The summed E-state index contributed by atoms with van der Waals surface area (Å²) >= 11 is 3.26. The molecule has 0 spiro atoms. The maximum absolute atomic E-state index is 12.2. The molecule has 20 heavy (non-hydrogen) atoms. The zero-order valence-electron chi connectivity index (χ0n) is 10.4. The minimum absolute atomic E-state index is 0.0367. The summed E-state index contributed by atoms with van der Waals surface area (Å²) in [5.41, 5.74) is 4.10. The molecule has 0 aliphatic rings. The average Bonchev–Trinajstić information content (AvgIpc) is 2.48. The molecule has 2 aromatic rings. The van der Waals surface area contributed by atoms with Crippen LogP contribution in [0.5, 0.6) is 0 Å². The van der Waals surface area contributed by atoms with E-state index in [9.17, 15) is 4.79 Å². The fourth-order valence-electron chi connectivity index (χ4n) is 1.62. The number of nitrogens with two attached hydrogens (primary N) is 1. The van der Waals surface area contributed by atoms with E-state index in [2.05, 4.69) is 31.7 Å². The van der Waals surface area contributed by atoms with Gasteiger partial charge in [-0.05, 0) is 39.7 Å². The molecule has 5 N–H and O–H groups in total. The highest BCUT2D eigenvalue weighted by atomic mass is 79.9. The summed E-state index contributed by atoms with van der Waals surface area (Å²) < 4.78 is 0.678. The Morgan fingerprint density at radius 2 is 2.05 bits per heavy atom. The second-order valence-corrected chi connectivity index (χ2v) is 4.92. The number of carbonyl (C=O) groups excluding carboxylic acids is 1. The molecule has 0 bridgehead atoms. The van der Waals surface area contributed by atoms with Crippen molar-refractivity contribution in [3.8, 4) is 0 Å². The van der Waals surface area contributed by atoms with Gasteiger partial charge in [0.2, 0.25) is 0 Å². The summed E-state index contributed by atoms with van der Waals surface area (Å²) in [4.78, 5) is 16.2. The van der Waals surface area contributed by atoms with E-state index in [1.165, 1.54) is 0 Å². The van der Waals surface area contributed by atoms with E-state index < -0.39 is 0 Å². The van der Waals surface area contributed by atoms with E-state index in [4.69, 9.17) is 10.9 Å². The zero-order valence-corrected chi connectivity index (χ0v) is 12.0. The second kappa shape index (κ2) is 6.47. The number of nitrogen functional groups attached to an aromatic ring is 1. The number of aliphatic hydroxyl groups excluding tert-OH is 1. The predicted molar refractivity (Wildman–Crippen MR) is 80.1 cm³/mol. The molecule has 1 amide bonds. The highest BCUT2D eigenvalue weighted by Crippen LogP contribution is 2.19. The Kier molecular flexibility index (Phi) is 4.67. The number of nitrogens with one attached hydrogen (secondary N) is 2. The van der Waals surface area contributed by atoms with Crippen molar-refractivity contribution in [1.82, 2.24) is 4.98 Å². The molecule has 1 heterocycles. The number of halogens is 1. The Morgan fingerprint density at radius 1 is 1.35 bits per heavy atom. The number of carbonyl (C=O) groups is 1. The Morgan fingerprint density at radius 3 is 2.65 bits per heavy atom. The molecule has 0 saturated heterocycles. The van der Waals surface area contributed by atoms with Crippen LogP contribution in [-0.4, -0.2) is 16.0 Å². The molecule has 2 rings (SSSR count). The Hall–Kier alpha value is -1.96. The molecular weight excluding hydrogens is 324 g/mol. The van der Waals surface area contributed by atoms with E-state index in [-0.39, 0.29) is 18.3 Å². The van der Waals surface area contributed by atoms with E-state index in [0.29, 0.717) is 15.7 Å². The van der Waals surface area contributed by atoms with Gasteiger partial charge >= 0.3 is 0 Å². The fourth-order valence-corrected chi connectivity index (χ4v) is 1.95. The summed E-state index contributed by atoms with van der Waals surface area (Å²) in [5, 5.41) is 11.7. The maximum atomic E-state index is 12.2. The number of hydrazine groups is 1. The number of benzene rings is 1. The lowest BCUT2D eigenvalue weighted by molar-refractivity contribution is 0.102. The maximum Gasteiger partial charge on any atom is 0.259 e. The summed E-state index contributed by atoms with van der Waals surface area (Å²) in [6, 6.07) is 8.52. The molecule has 0 aliphatic carbocycles. The van der Waals surface area contributed by atoms with Crippen molar-refractivity contribution in [2.24, 2.45) is 5.84 Å². The van der Waals surface area contributed by atoms with Crippen LogP contribution in [-0.2, 0) is 6.61 Å².